The summed E-state index contributed by atoms with van der Waals surface area (Å²) >= 11 is 8.74. The number of thiocarbonyl (C=S) groups is 1. The molecule has 0 spiro atoms. The summed E-state index contributed by atoms with van der Waals surface area (Å²) in [6.45, 7) is 2.30. The average molecular weight is 625 g/mol. The lowest BCUT2D eigenvalue weighted by molar-refractivity contribution is -0.112. The minimum Gasteiger partial charge on any atom is -0.293 e. The molecule has 0 bridgehead atoms. The number of carbonyl (C=O) groups excluding carboxylic acids is 1. The molecule has 0 aliphatic carbocycles. The van der Waals surface area contributed by atoms with Crippen molar-refractivity contribution in [3.63, 3.8) is 0 Å². The molecule has 0 unspecified atom stereocenters. The first-order valence-corrected chi connectivity index (χ1v) is 20.3. The number of ketones is 1. The fourth-order valence-corrected chi connectivity index (χ4v) is 6.51. The number of rotatable bonds is 37. The highest BCUT2D eigenvalue weighted by Crippen LogP contribution is 2.17. The summed E-state index contributed by atoms with van der Waals surface area (Å²) in [4.78, 5) is 11.4. The minimum atomic E-state index is 0.0411. The molecule has 0 saturated carbocycles. The predicted molar refractivity (Wildman–Crippen MR) is 198 cm³/mol. The predicted octanol–water partition coefficient (Wildman–Crippen LogP) is 14.9. The number of Topliss-reactive ketones (excluding diaryl/α,β-unsaturated/α-hetero) is 1. The van der Waals surface area contributed by atoms with Gasteiger partial charge in [0, 0.05) is 6.42 Å². The SMILES string of the molecule is CCCCCCCCCCCCCCCCCCCCCCCCCCCCCCCCCCCCCC(=O)C(=S)S. The van der Waals surface area contributed by atoms with Gasteiger partial charge in [0.25, 0.3) is 0 Å². The van der Waals surface area contributed by atoms with Gasteiger partial charge in [-0.3, -0.25) is 4.79 Å². The highest BCUT2D eigenvalue weighted by atomic mass is 32.1. The molecule has 1 nitrogen and oxygen atoms in total. The van der Waals surface area contributed by atoms with Gasteiger partial charge >= 0.3 is 0 Å². The Labute approximate surface area is 276 Å². The van der Waals surface area contributed by atoms with E-state index in [-0.39, 0.29) is 9.98 Å². The Balaban J connectivity index is 3.06. The van der Waals surface area contributed by atoms with Crippen molar-refractivity contribution in [2.24, 2.45) is 0 Å². The van der Waals surface area contributed by atoms with E-state index in [1.54, 1.807) is 0 Å². The fraction of sp³-hybridized carbons (Fsp3) is 0.949. The zero-order valence-corrected chi connectivity index (χ0v) is 30.4. The van der Waals surface area contributed by atoms with Crippen LogP contribution in [0.4, 0.5) is 0 Å². The van der Waals surface area contributed by atoms with E-state index in [2.05, 4.69) is 19.6 Å². The van der Waals surface area contributed by atoms with Gasteiger partial charge in [0.15, 0.2) is 5.78 Å². The molecule has 0 heterocycles. The van der Waals surface area contributed by atoms with Crippen molar-refractivity contribution in [1.29, 1.82) is 0 Å². The molecule has 3 heteroatoms. The van der Waals surface area contributed by atoms with Crippen LogP contribution in [0.25, 0.3) is 0 Å². The summed E-state index contributed by atoms with van der Waals surface area (Å²) < 4.78 is 0.246. The van der Waals surface area contributed by atoms with Crippen molar-refractivity contribution >= 4 is 34.8 Å². The lowest BCUT2D eigenvalue weighted by Gasteiger charge is -2.05. The fourth-order valence-electron chi connectivity index (χ4n) is 6.30. The highest BCUT2D eigenvalue weighted by Gasteiger charge is 2.04. The van der Waals surface area contributed by atoms with E-state index in [0.717, 1.165) is 12.8 Å². The average Bonchev–Trinajstić information content (AvgIpc) is 2.99. The quantitative estimate of drug-likeness (QED) is 0.0421. The van der Waals surface area contributed by atoms with Crippen LogP contribution in [0.5, 0.6) is 0 Å². The van der Waals surface area contributed by atoms with Crippen molar-refractivity contribution in [2.45, 2.75) is 238 Å². The van der Waals surface area contributed by atoms with E-state index in [0.29, 0.717) is 6.42 Å². The molecule has 0 fully saturated rings. The summed E-state index contributed by atoms with van der Waals surface area (Å²) in [6.07, 6.45) is 50.5. The molecule has 0 amide bonds. The Hall–Kier alpha value is 0.110. The highest BCUT2D eigenvalue weighted by molar-refractivity contribution is 8.13. The van der Waals surface area contributed by atoms with E-state index >= 15 is 0 Å². The zero-order chi connectivity index (χ0) is 30.6. The third kappa shape index (κ3) is 36.3. The molecule has 0 aromatic rings. The second kappa shape index (κ2) is 37.3. The van der Waals surface area contributed by atoms with Gasteiger partial charge in [0.2, 0.25) is 0 Å². The van der Waals surface area contributed by atoms with Gasteiger partial charge in [-0.15, -0.1) is 12.6 Å². The van der Waals surface area contributed by atoms with Crippen LogP contribution in [0.15, 0.2) is 0 Å². The third-order valence-corrected chi connectivity index (χ3v) is 9.72. The van der Waals surface area contributed by atoms with E-state index in [1.165, 1.54) is 212 Å². The molecule has 0 aromatic heterocycles. The molecular formula is C39H76OS2. The second-order valence-corrected chi connectivity index (χ2v) is 14.7. The maximum atomic E-state index is 11.4. The smallest absolute Gasteiger partial charge is 0.179 e. The summed E-state index contributed by atoms with van der Waals surface area (Å²) in [6, 6.07) is 0. The van der Waals surface area contributed by atoms with Crippen LogP contribution in [0, 0.1) is 0 Å². The number of hydrogen-bond acceptors (Lipinski definition) is 2. The van der Waals surface area contributed by atoms with Crippen molar-refractivity contribution in [1.82, 2.24) is 0 Å². The first kappa shape index (κ1) is 42.1. The lowest BCUT2D eigenvalue weighted by atomic mass is 10.0. The van der Waals surface area contributed by atoms with Crippen molar-refractivity contribution in [3.05, 3.63) is 0 Å². The lowest BCUT2D eigenvalue weighted by Crippen LogP contribution is -2.03. The summed E-state index contributed by atoms with van der Waals surface area (Å²) in [5.41, 5.74) is 0. The number of thiol groups is 1. The largest absolute Gasteiger partial charge is 0.293 e. The summed E-state index contributed by atoms with van der Waals surface area (Å²) in [7, 11) is 0. The Bertz CT molecular complexity index is 547. The molecule has 0 rings (SSSR count). The van der Waals surface area contributed by atoms with Gasteiger partial charge in [0.05, 0.1) is 0 Å². The topological polar surface area (TPSA) is 17.1 Å². The Kier molecular flexibility index (Phi) is 37.4. The number of unbranched alkanes of at least 4 members (excludes halogenated alkanes) is 34. The van der Waals surface area contributed by atoms with Crippen molar-refractivity contribution in [3.8, 4) is 0 Å². The molecule has 42 heavy (non-hydrogen) atoms. The van der Waals surface area contributed by atoms with Crippen LogP contribution in [0.1, 0.15) is 238 Å². The number of hydrogen-bond donors (Lipinski definition) is 1. The molecule has 0 saturated heterocycles. The normalized spacial score (nSPS) is 11.4. The van der Waals surface area contributed by atoms with Crippen LogP contribution in [-0.2, 0) is 4.79 Å². The van der Waals surface area contributed by atoms with E-state index in [4.69, 9.17) is 12.2 Å². The van der Waals surface area contributed by atoms with Gasteiger partial charge in [-0.05, 0) is 6.42 Å². The van der Waals surface area contributed by atoms with Crippen molar-refractivity contribution < 1.29 is 4.79 Å². The van der Waals surface area contributed by atoms with Gasteiger partial charge < -0.3 is 0 Å². The second-order valence-electron chi connectivity index (χ2n) is 13.5. The molecule has 0 atom stereocenters. The van der Waals surface area contributed by atoms with E-state index in [1.807, 2.05) is 0 Å². The molecule has 0 radical (unpaired) electrons. The molecule has 0 N–H and O–H groups in total. The van der Waals surface area contributed by atoms with E-state index in [9.17, 15) is 4.79 Å². The first-order chi connectivity index (χ1) is 20.7. The Morgan fingerprint density at radius 2 is 0.524 bits per heavy atom. The monoisotopic (exact) mass is 625 g/mol. The third-order valence-electron chi connectivity index (χ3n) is 9.25. The molecular weight excluding hydrogens is 549 g/mol. The molecule has 0 aromatic carbocycles. The van der Waals surface area contributed by atoms with Crippen LogP contribution in [-0.4, -0.2) is 9.98 Å². The standard InChI is InChI=1S/C39H76OS2/c1-2-3-4-5-6-7-8-9-10-11-12-13-14-15-16-17-18-19-20-21-22-23-24-25-26-27-28-29-30-31-32-33-34-35-36-37-38(40)39(41)42/h2-37H2,1H3,(H,41,42). The van der Waals surface area contributed by atoms with Gasteiger partial charge in [-0.2, -0.15) is 0 Å². The number of carbonyl (C=O) groups is 1. The Morgan fingerprint density at radius 1 is 0.357 bits per heavy atom. The summed E-state index contributed by atoms with van der Waals surface area (Å²) in [5, 5.41) is 0. The van der Waals surface area contributed by atoms with E-state index < -0.39 is 0 Å². The van der Waals surface area contributed by atoms with Crippen molar-refractivity contribution in [2.75, 3.05) is 0 Å². The molecule has 0 aliphatic heterocycles. The zero-order valence-electron chi connectivity index (χ0n) is 28.7. The van der Waals surface area contributed by atoms with Gasteiger partial charge in [0.1, 0.15) is 4.20 Å². The van der Waals surface area contributed by atoms with Crippen LogP contribution in [0.3, 0.4) is 0 Å². The summed E-state index contributed by atoms with van der Waals surface area (Å²) in [5.74, 6) is 0.0411. The maximum Gasteiger partial charge on any atom is 0.179 e. The van der Waals surface area contributed by atoms with Gasteiger partial charge in [-0.25, -0.2) is 0 Å². The van der Waals surface area contributed by atoms with Crippen LogP contribution in [0.2, 0.25) is 0 Å². The minimum absolute atomic E-state index is 0.0411. The van der Waals surface area contributed by atoms with Gasteiger partial charge in [-0.1, -0.05) is 237 Å². The maximum absolute atomic E-state index is 11.4. The Morgan fingerprint density at radius 3 is 0.690 bits per heavy atom. The molecule has 0 aliphatic rings. The van der Waals surface area contributed by atoms with Crippen LogP contribution < -0.4 is 0 Å². The van der Waals surface area contributed by atoms with Crippen LogP contribution >= 0.6 is 24.8 Å². The molecule has 250 valence electrons. The first-order valence-electron chi connectivity index (χ1n) is 19.4.